The van der Waals surface area contributed by atoms with Crippen LogP contribution in [0.1, 0.15) is 10.4 Å². The Morgan fingerprint density at radius 1 is 1.04 bits per heavy atom. The van der Waals surface area contributed by atoms with E-state index >= 15 is 0 Å². The van der Waals surface area contributed by atoms with Crippen LogP contribution < -0.4 is 5.32 Å². The highest BCUT2D eigenvalue weighted by molar-refractivity contribution is 7.89. The lowest BCUT2D eigenvalue weighted by atomic mass is 10.2. The summed E-state index contributed by atoms with van der Waals surface area (Å²) in [5.74, 6) is -2.65. The van der Waals surface area contributed by atoms with Gasteiger partial charge in [0.05, 0.1) is 18.1 Å². The Kier molecular flexibility index (Phi) is 5.30. The highest BCUT2D eigenvalue weighted by Crippen LogP contribution is 2.21. The third-order valence-electron chi connectivity index (χ3n) is 3.91. The largest absolute Gasteiger partial charge is 0.379 e. The first-order valence-electron chi connectivity index (χ1n) is 7.83. The van der Waals surface area contributed by atoms with Gasteiger partial charge in [-0.25, -0.2) is 17.2 Å². The van der Waals surface area contributed by atoms with Gasteiger partial charge in [0.1, 0.15) is 17.3 Å². The quantitative estimate of drug-likeness (QED) is 0.880. The molecule has 0 saturated carbocycles. The Morgan fingerprint density at radius 3 is 2.31 bits per heavy atom. The van der Waals surface area contributed by atoms with Gasteiger partial charge >= 0.3 is 0 Å². The molecule has 9 heteroatoms. The zero-order valence-electron chi connectivity index (χ0n) is 13.6. The fraction of sp³-hybridized carbons (Fsp3) is 0.235. The van der Waals surface area contributed by atoms with Gasteiger partial charge in [-0.15, -0.1) is 0 Å². The van der Waals surface area contributed by atoms with Crippen molar-refractivity contribution in [2.45, 2.75) is 4.90 Å². The number of amides is 1. The molecular weight excluding hydrogens is 366 g/mol. The summed E-state index contributed by atoms with van der Waals surface area (Å²) >= 11 is 0. The smallest absolute Gasteiger partial charge is 0.255 e. The minimum atomic E-state index is -3.78. The number of carbonyl (C=O) groups excluding carboxylic acids is 1. The first-order chi connectivity index (χ1) is 12.4. The van der Waals surface area contributed by atoms with Gasteiger partial charge in [-0.3, -0.25) is 4.79 Å². The molecular formula is C17H16F2N2O4S. The van der Waals surface area contributed by atoms with E-state index in [1.807, 2.05) is 0 Å². The number of sulfonamides is 1. The molecule has 26 heavy (non-hydrogen) atoms. The minimum Gasteiger partial charge on any atom is -0.379 e. The molecule has 138 valence electrons. The number of nitrogens with one attached hydrogen (secondary N) is 1. The van der Waals surface area contributed by atoms with Crippen LogP contribution in [0.3, 0.4) is 0 Å². The van der Waals surface area contributed by atoms with E-state index in [4.69, 9.17) is 4.74 Å². The Hall–Kier alpha value is -2.36. The van der Waals surface area contributed by atoms with E-state index in [0.717, 1.165) is 12.1 Å². The third-order valence-corrected chi connectivity index (χ3v) is 5.80. The lowest BCUT2D eigenvalue weighted by Crippen LogP contribution is -2.40. The van der Waals surface area contributed by atoms with Gasteiger partial charge < -0.3 is 10.1 Å². The normalized spacial score (nSPS) is 15.6. The number of morpholine rings is 1. The molecule has 6 nitrogen and oxygen atoms in total. The number of rotatable bonds is 4. The predicted molar refractivity (Wildman–Crippen MR) is 90.3 cm³/mol. The second-order valence-corrected chi connectivity index (χ2v) is 7.53. The van der Waals surface area contributed by atoms with Crippen molar-refractivity contribution < 1.29 is 26.7 Å². The number of ether oxygens (including phenoxy) is 1. The van der Waals surface area contributed by atoms with Crippen molar-refractivity contribution in [3.8, 4) is 0 Å². The first-order valence-corrected chi connectivity index (χ1v) is 9.27. The summed E-state index contributed by atoms with van der Waals surface area (Å²) in [6.45, 7) is 1.04. The maximum atomic E-state index is 13.7. The van der Waals surface area contributed by atoms with E-state index in [2.05, 4.69) is 5.32 Å². The maximum Gasteiger partial charge on any atom is 0.255 e. The number of nitrogens with zero attached hydrogens (tertiary/aromatic N) is 1. The molecule has 1 N–H and O–H groups in total. The molecule has 1 amide bonds. The zero-order chi connectivity index (χ0) is 18.7. The van der Waals surface area contributed by atoms with Gasteiger partial charge in [-0.2, -0.15) is 4.31 Å². The standard InChI is InChI=1S/C17H16F2N2O4S/c18-14-5-2-6-15(19)16(14)20-17(22)12-3-1-4-13(11-12)26(23,24)21-7-9-25-10-8-21/h1-6,11H,7-10H2,(H,20,22). The summed E-state index contributed by atoms with van der Waals surface area (Å²) in [6.07, 6.45) is 0. The van der Waals surface area contributed by atoms with Crippen LogP contribution in [0.5, 0.6) is 0 Å². The number of halogens is 2. The molecule has 0 atom stereocenters. The van der Waals surface area contributed by atoms with Crippen molar-refractivity contribution in [2.24, 2.45) is 0 Å². The van der Waals surface area contributed by atoms with Gasteiger partial charge in [-0.1, -0.05) is 12.1 Å². The summed E-state index contributed by atoms with van der Waals surface area (Å²) in [7, 11) is -3.78. The van der Waals surface area contributed by atoms with Crippen molar-refractivity contribution in [1.29, 1.82) is 0 Å². The highest BCUT2D eigenvalue weighted by atomic mass is 32.2. The molecule has 0 bridgehead atoms. The average molecular weight is 382 g/mol. The zero-order valence-corrected chi connectivity index (χ0v) is 14.4. The van der Waals surface area contributed by atoms with Crippen molar-refractivity contribution in [3.63, 3.8) is 0 Å². The van der Waals surface area contributed by atoms with E-state index in [9.17, 15) is 22.0 Å². The van der Waals surface area contributed by atoms with Gasteiger partial charge in [0, 0.05) is 18.7 Å². The molecule has 0 aromatic heterocycles. The van der Waals surface area contributed by atoms with E-state index in [1.54, 1.807) is 0 Å². The SMILES string of the molecule is O=C(Nc1c(F)cccc1F)c1cccc(S(=O)(=O)N2CCOCC2)c1. The van der Waals surface area contributed by atoms with Crippen molar-refractivity contribution in [2.75, 3.05) is 31.6 Å². The first kappa shape index (κ1) is 18.4. The summed E-state index contributed by atoms with van der Waals surface area (Å²) in [5.41, 5.74) is -0.610. The van der Waals surface area contributed by atoms with Crippen LogP contribution >= 0.6 is 0 Å². The fourth-order valence-corrected chi connectivity index (χ4v) is 3.99. The molecule has 2 aromatic rings. The molecule has 0 aliphatic carbocycles. The van der Waals surface area contributed by atoms with Crippen LogP contribution in [-0.4, -0.2) is 44.9 Å². The molecule has 0 spiro atoms. The summed E-state index contributed by atoms with van der Waals surface area (Å²) in [4.78, 5) is 12.2. The lowest BCUT2D eigenvalue weighted by molar-refractivity contribution is 0.0730. The Bertz CT molecular complexity index is 908. The molecule has 1 heterocycles. The van der Waals surface area contributed by atoms with Crippen molar-refractivity contribution in [1.82, 2.24) is 4.31 Å². The number of hydrogen-bond donors (Lipinski definition) is 1. The minimum absolute atomic E-state index is 0.0259. The number of para-hydroxylation sites is 1. The van der Waals surface area contributed by atoms with Crippen LogP contribution in [0.25, 0.3) is 0 Å². The van der Waals surface area contributed by atoms with Crippen molar-refractivity contribution in [3.05, 3.63) is 59.7 Å². The third kappa shape index (κ3) is 3.74. The molecule has 1 aliphatic heterocycles. The monoisotopic (exact) mass is 382 g/mol. The molecule has 1 aliphatic rings. The Labute approximate surface area is 149 Å². The molecule has 3 rings (SSSR count). The number of hydrogen-bond acceptors (Lipinski definition) is 4. The van der Waals surface area contributed by atoms with E-state index < -0.39 is 33.3 Å². The summed E-state index contributed by atoms with van der Waals surface area (Å²) in [5, 5.41) is 2.14. The van der Waals surface area contributed by atoms with Gasteiger partial charge in [0.25, 0.3) is 5.91 Å². The highest BCUT2D eigenvalue weighted by Gasteiger charge is 2.27. The molecule has 1 fully saturated rings. The second kappa shape index (κ2) is 7.48. The molecule has 0 unspecified atom stereocenters. The Balaban J connectivity index is 1.86. The second-order valence-electron chi connectivity index (χ2n) is 5.60. The fourth-order valence-electron chi connectivity index (χ4n) is 2.54. The topological polar surface area (TPSA) is 75.7 Å². The van der Waals surface area contributed by atoms with Crippen LogP contribution in [0.4, 0.5) is 14.5 Å². The van der Waals surface area contributed by atoms with E-state index in [-0.39, 0.29) is 23.5 Å². The van der Waals surface area contributed by atoms with Crippen molar-refractivity contribution >= 4 is 21.6 Å². The van der Waals surface area contributed by atoms with Gasteiger partial charge in [0.15, 0.2) is 0 Å². The maximum absolute atomic E-state index is 13.7. The lowest BCUT2D eigenvalue weighted by Gasteiger charge is -2.26. The number of anilines is 1. The van der Waals surface area contributed by atoms with Gasteiger partial charge in [0.2, 0.25) is 10.0 Å². The summed E-state index contributed by atoms with van der Waals surface area (Å²) < 4.78 is 59.0. The summed E-state index contributed by atoms with van der Waals surface area (Å²) in [6, 6.07) is 8.52. The molecule has 2 aromatic carbocycles. The predicted octanol–water partition coefficient (Wildman–Crippen LogP) is 2.24. The van der Waals surface area contributed by atoms with Crippen LogP contribution in [-0.2, 0) is 14.8 Å². The van der Waals surface area contributed by atoms with Crippen LogP contribution in [0, 0.1) is 11.6 Å². The molecule has 0 radical (unpaired) electrons. The average Bonchev–Trinajstić information content (AvgIpc) is 2.65. The number of carbonyl (C=O) groups is 1. The van der Waals surface area contributed by atoms with E-state index in [1.165, 1.54) is 34.6 Å². The van der Waals surface area contributed by atoms with Crippen LogP contribution in [0.2, 0.25) is 0 Å². The Morgan fingerprint density at radius 2 is 1.65 bits per heavy atom. The van der Waals surface area contributed by atoms with Gasteiger partial charge in [-0.05, 0) is 30.3 Å². The number of benzene rings is 2. The van der Waals surface area contributed by atoms with Crippen LogP contribution in [0.15, 0.2) is 47.4 Å². The van der Waals surface area contributed by atoms with E-state index in [0.29, 0.717) is 13.2 Å². The molecule has 1 saturated heterocycles.